The maximum absolute atomic E-state index is 4.21. The van der Waals surface area contributed by atoms with Crippen LogP contribution in [0.2, 0.25) is 0 Å². The molecule has 0 bridgehead atoms. The van der Waals surface area contributed by atoms with Crippen LogP contribution >= 0.6 is 0 Å². The first kappa shape index (κ1) is 12.4. The molecule has 0 aromatic carbocycles. The lowest BCUT2D eigenvalue weighted by atomic mass is 10.0. The van der Waals surface area contributed by atoms with Crippen molar-refractivity contribution in [1.82, 2.24) is 10.3 Å². The summed E-state index contributed by atoms with van der Waals surface area (Å²) in [5, 5.41) is 3.65. The van der Waals surface area contributed by atoms with Crippen molar-refractivity contribution in [3.05, 3.63) is 24.5 Å². The van der Waals surface area contributed by atoms with E-state index in [4.69, 9.17) is 0 Å². The highest BCUT2D eigenvalue weighted by molar-refractivity contribution is 5.43. The second-order valence-corrected chi connectivity index (χ2v) is 5.29. The monoisotopic (exact) mass is 233 g/mol. The van der Waals surface area contributed by atoms with Gasteiger partial charge in [-0.25, -0.2) is 0 Å². The molecule has 0 amide bonds. The summed E-state index contributed by atoms with van der Waals surface area (Å²) in [7, 11) is 0. The lowest BCUT2D eigenvalue weighted by molar-refractivity contribution is 0.436. The second kappa shape index (κ2) is 6.01. The van der Waals surface area contributed by atoms with Crippen molar-refractivity contribution in [2.45, 2.75) is 32.7 Å². The fourth-order valence-corrected chi connectivity index (χ4v) is 2.50. The van der Waals surface area contributed by atoms with Crippen LogP contribution in [-0.2, 0) is 0 Å². The Hall–Kier alpha value is -1.09. The third kappa shape index (κ3) is 3.70. The van der Waals surface area contributed by atoms with E-state index in [0.717, 1.165) is 25.6 Å². The van der Waals surface area contributed by atoms with Gasteiger partial charge in [0.15, 0.2) is 0 Å². The van der Waals surface area contributed by atoms with E-state index in [-0.39, 0.29) is 0 Å². The molecule has 94 valence electrons. The van der Waals surface area contributed by atoms with Gasteiger partial charge in [0.25, 0.3) is 0 Å². The highest BCUT2D eigenvalue weighted by Gasteiger charge is 2.18. The summed E-state index contributed by atoms with van der Waals surface area (Å²) in [4.78, 5) is 6.67. The number of rotatable bonds is 3. The van der Waals surface area contributed by atoms with Gasteiger partial charge in [0.2, 0.25) is 0 Å². The normalized spacial score (nSPS) is 21.6. The average Bonchev–Trinajstić information content (AvgIpc) is 2.55. The average molecular weight is 233 g/mol. The quantitative estimate of drug-likeness (QED) is 0.868. The van der Waals surface area contributed by atoms with Crippen molar-refractivity contribution in [1.29, 1.82) is 0 Å². The van der Waals surface area contributed by atoms with Crippen LogP contribution in [0.4, 0.5) is 5.69 Å². The Kier molecular flexibility index (Phi) is 4.37. The number of nitrogens with zero attached hydrogens (tertiary/aromatic N) is 2. The Bertz CT molecular complexity index is 323. The number of anilines is 1. The highest BCUT2D eigenvalue weighted by atomic mass is 15.2. The number of nitrogens with one attached hydrogen (secondary N) is 1. The summed E-state index contributed by atoms with van der Waals surface area (Å²) in [5.74, 6) is 0.751. The Morgan fingerprint density at radius 1 is 1.53 bits per heavy atom. The first-order valence-electron chi connectivity index (χ1n) is 6.64. The molecule has 1 unspecified atom stereocenters. The fraction of sp³-hybridized carbons (Fsp3) is 0.643. The Labute approximate surface area is 104 Å². The molecule has 3 nitrogen and oxygen atoms in total. The van der Waals surface area contributed by atoms with E-state index < -0.39 is 0 Å². The molecule has 1 aliphatic heterocycles. The van der Waals surface area contributed by atoms with E-state index in [2.05, 4.69) is 35.1 Å². The molecule has 0 aliphatic carbocycles. The lowest BCUT2D eigenvalue weighted by Gasteiger charge is -2.27. The predicted octanol–water partition coefficient (Wildman–Crippen LogP) is 2.30. The van der Waals surface area contributed by atoms with Gasteiger partial charge >= 0.3 is 0 Å². The van der Waals surface area contributed by atoms with E-state index >= 15 is 0 Å². The molecular formula is C14H23N3. The van der Waals surface area contributed by atoms with E-state index in [1.807, 2.05) is 18.5 Å². The van der Waals surface area contributed by atoms with E-state index in [1.165, 1.54) is 18.5 Å². The molecule has 3 heteroatoms. The van der Waals surface area contributed by atoms with Gasteiger partial charge in [0, 0.05) is 25.3 Å². The zero-order chi connectivity index (χ0) is 12.1. The molecule has 1 aromatic rings. The van der Waals surface area contributed by atoms with Crippen LogP contribution in [0.5, 0.6) is 0 Å². The Morgan fingerprint density at radius 2 is 2.41 bits per heavy atom. The van der Waals surface area contributed by atoms with Crippen molar-refractivity contribution in [3.8, 4) is 0 Å². The predicted molar refractivity (Wildman–Crippen MR) is 72.3 cm³/mol. The van der Waals surface area contributed by atoms with Gasteiger partial charge in [0.05, 0.1) is 11.9 Å². The van der Waals surface area contributed by atoms with Gasteiger partial charge in [-0.3, -0.25) is 4.98 Å². The van der Waals surface area contributed by atoms with E-state index in [1.54, 1.807) is 0 Å². The van der Waals surface area contributed by atoms with Crippen LogP contribution in [0.3, 0.4) is 0 Å². The van der Waals surface area contributed by atoms with Crippen LogP contribution in [0.1, 0.15) is 26.7 Å². The molecule has 1 aromatic heterocycles. The summed E-state index contributed by atoms with van der Waals surface area (Å²) in [6.07, 6.45) is 6.27. The van der Waals surface area contributed by atoms with Crippen molar-refractivity contribution in [2.75, 3.05) is 24.5 Å². The zero-order valence-corrected chi connectivity index (χ0v) is 10.9. The van der Waals surface area contributed by atoms with Crippen LogP contribution in [0, 0.1) is 5.92 Å². The molecule has 1 saturated heterocycles. The molecule has 1 atom stereocenters. The fourth-order valence-electron chi connectivity index (χ4n) is 2.50. The summed E-state index contributed by atoms with van der Waals surface area (Å²) in [6, 6.07) is 4.79. The molecule has 1 aliphatic rings. The van der Waals surface area contributed by atoms with E-state index in [0.29, 0.717) is 6.04 Å². The van der Waals surface area contributed by atoms with Crippen LogP contribution in [0.25, 0.3) is 0 Å². The second-order valence-electron chi connectivity index (χ2n) is 5.29. The van der Waals surface area contributed by atoms with Gasteiger partial charge in [-0.2, -0.15) is 0 Å². The Balaban J connectivity index is 2.02. The molecule has 2 rings (SSSR count). The smallest absolute Gasteiger partial charge is 0.0553 e. The van der Waals surface area contributed by atoms with Gasteiger partial charge < -0.3 is 10.2 Å². The number of aromatic nitrogens is 1. The lowest BCUT2D eigenvalue weighted by Crippen LogP contribution is -2.38. The third-order valence-electron chi connectivity index (χ3n) is 3.25. The number of hydrogen-bond donors (Lipinski definition) is 1. The summed E-state index contributed by atoms with van der Waals surface area (Å²) in [5.41, 5.74) is 1.25. The first-order chi connectivity index (χ1) is 8.25. The summed E-state index contributed by atoms with van der Waals surface area (Å²) < 4.78 is 0. The molecule has 0 radical (unpaired) electrons. The summed E-state index contributed by atoms with van der Waals surface area (Å²) in [6.45, 7) is 7.95. The standard InChI is InChI=1S/C14H23N3/c1-12(2)9-13-11-17(8-4-7-16-13)14-5-3-6-15-10-14/h3,5-6,10,12-13,16H,4,7-9,11H2,1-2H3. The van der Waals surface area contributed by atoms with Gasteiger partial charge in [-0.1, -0.05) is 13.8 Å². The highest BCUT2D eigenvalue weighted by Crippen LogP contribution is 2.16. The minimum Gasteiger partial charge on any atom is -0.369 e. The minimum atomic E-state index is 0.609. The molecule has 0 spiro atoms. The van der Waals surface area contributed by atoms with Crippen LogP contribution < -0.4 is 10.2 Å². The molecule has 2 heterocycles. The van der Waals surface area contributed by atoms with Gasteiger partial charge in [-0.05, 0) is 37.4 Å². The van der Waals surface area contributed by atoms with Crippen LogP contribution in [0.15, 0.2) is 24.5 Å². The molecule has 1 fully saturated rings. The number of pyridine rings is 1. The topological polar surface area (TPSA) is 28.2 Å². The van der Waals surface area contributed by atoms with Crippen LogP contribution in [-0.4, -0.2) is 30.7 Å². The third-order valence-corrected chi connectivity index (χ3v) is 3.25. The van der Waals surface area contributed by atoms with Gasteiger partial charge in [0.1, 0.15) is 0 Å². The van der Waals surface area contributed by atoms with Crippen molar-refractivity contribution < 1.29 is 0 Å². The first-order valence-corrected chi connectivity index (χ1v) is 6.64. The minimum absolute atomic E-state index is 0.609. The largest absolute Gasteiger partial charge is 0.369 e. The zero-order valence-electron chi connectivity index (χ0n) is 10.9. The maximum Gasteiger partial charge on any atom is 0.0553 e. The maximum atomic E-state index is 4.21. The van der Waals surface area contributed by atoms with Gasteiger partial charge in [-0.15, -0.1) is 0 Å². The van der Waals surface area contributed by atoms with E-state index in [9.17, 15) is 0 Å². The SMILES string of the molecule is CC(C)CC1CN(c2cccnc2)CCCN1. The van der Waals surface area contributed by atoms with Crippen molar-refractivity contribution >= 4 is 5.69 Å². The van der Waals surface area contributed by atoms with Crippen molar-refractivity contribution in [2.24, 2.45) is 5.92 Å². The summed E-state index contributed by atoms with van der Waals surface area (Å²) >= 11 is 0. The molecule has 0 saturated carbocycles. The Morgan fingerprint density at radius 3 is 3.12 bits per heavy atom. The molecule has 17 heavy (non-hydrogen) atoms. The molecular weight excluding hydrogens is 210 g/mol. The van der Waals surface area contributed by atoms with Crippen molar-refractivity contribution in [3.63, 3.8) is 0 Å². The number of hydrogen-bond acceptors (Lipinski definition) is 3. The molecule has 1 N–H and O–H groups in total.